The molecule has 2 rings (SSSR count). The Morgan fingerprint density at radius 1 is 1.35 bits per heavy atom. The van der Waals surface area contributed by atoms with E-state index in [-0.39, 0.29) is 6.04 Å². The Labute approximate surface area is 104 Å². The van der Waals surface area contributed by atoms with Crippen molar-refractivity contribution in [1.29, 1.82) is 0 Å². The smallest absolute Gasteiger partial charge is 0.120 e. The number of aromatic hydroxyl groups is 1. The molecule has 1 saturated carbocycles. The van der Waals surface area contributed by atoms with Crippen LogP contribution in [0.1, 0.15) is 51.1 Å². The first-order chi connectivity index (χ1) is 8.14. The lowest BCUT2D eigenvalue weighted by Gasteiger charge is -2.39. The predicted octanol–water partition coefficient (Wildman–Crippen LogP) is 3.62. The van der Waals surface area contributed by atoms with Crippen LogP contribution in [0, 0.1) is 5.41 Å². The van der Waals surface area contributed by atoms with Crippen LogP contribution in [0.2, 0.25) is 0 Å². The van der Waals surface area contributed by atoms with Crippen LogP contribution < -0.4 is 5.32 Å². The van der Waals surface area contributed by atoms with Crippen molar-refractivity contribution in [2.75, 3.05) is 6.54 Å². The molecule has 1 aliphatic carbocycles. The summed E-state index contributed by atoms with van der Waals surface area (Å²) < 4.78 is 0. The molecular weight excluding hydrogens is 210 g/mol. The van der Waals surface area contributed by atoms with E-state index >= 15 is 0 Å². The average Bonchev–Trinajstić information content (AvgIpc) is 2.29. The topological polar surface area (TPSA) is 32.3 Å². The van der Waals surface area contributed by atoms with Gasteiger partial charge in [-0.3, -0.25) is 0 Å². The molecule has 17 heavy (non-hydrogen) atoms. The summed E-state index contributed by atoms with van der Waals surface area (Å²) in [7, 11) is 0. The molecule has 94 valence electrons. The van der Waals surface area contributed by atoms with E-state index in [1.165, 1.54) is 19.3 Å². The molecule has 1 aromatic carbocycles. The van der Waals surface area contributed by atoms with Crippen LogP contribution in [0.4, 0.5) is 0 Å². The van der Waals surface area contributed by atoms with Gasteiger partial charge in [-0.15, -0.1) is 0 Å². The Morgan fingerprint density at radius 3 is 2.59 bits per heavy atom. The summed E-state index contributed by atoms with van der Waals surface area (Å²) in [5.74, 6) is 0.408. The Kier molecular flexibility index (Phi) is 3.72. The van der Waals surface area contributed by atoms with Gasteiger partial charge in [0.25, 0.3) is 0 Å². The van der Waals surface area contributed by atoms with E-state index in [9.17, 15) is 5.11 Å². The number of nitrogens with one attached hydrogen (secondary N) is 1. The molecule has 0 amide bonds. The SMILES string of the molecule is CCC(NCC1(C)CCC1)c1ccccc1O. The fourth-order valence-electron chi connectivity index (χ4n) is 2.58. The number of benzene rings is 1. The average molecular weight is 233 g/mol. The summed E-state index contributed by atoms with van der Waals surface area (Å²) in [4.78, 5) is 0. The van der Waals surface area contributed by atoms with Gasteiger partial charge in [0.2, 0.25) is 0 Å². The molecular formula is C15H23NO. The van der Waals surface area contributed by atoms with Gasteiger partial charge in [-0.25, -0.2) is 0 Å². The quantitative estimate of drug-likeness (QED) is 0.814. The minimum absolute atomic E-state index is 0.272. The second-order valence-corrected chi connectivity index (χ2v) is 5.56. The second kappa shape index (κ2) is 5.09. The van der Waals surface area contributed by atoms with E-state index in [0.717, 1.165) is 18.5 Å². The molecule has 2 nitrogen and oxygen atoms in total. The minimum atomic E-state index is 0.272. The van der Waals surface area contributed by atoms with Gasteiger partial charge in [0, 0.05) is 18.2 Å². The molecule has 1 aliphatic rings. The normalized spacial score (nSPS) is 19.6. The lowest BCUT2D eigenvalue weighted by molar-refractivity contribution is 0.150. The maximum absolute atomic E-state index is 9.87. The zero-order chi connectivity index (χ0) is 12.3. The molecule has 1 aromatic rings. The molecule has 0 aromatic heterocycles. The Morgan fingerprint density at radius 2 is 2.06 bits per heavy atom. The molecule has 0 saturated heterocycles. The van der Waals surface area contributed by atoms with E-state index < -0.39 is 0 Å². The largest absolute Gasteiger partial charge is 0.508 e. The third-order valence-electron chi connectivity index (χ3n) is 4.06. The van der Waals surface area contributed by atoms with Crippen LogP contribution in [0.15, 0.2) is 24.3 Å². The van der Waals surface area contributed by atoms with Gasteiger partial charge >= 0.3 is 0 Å². The first kappa shape index (κ1) is 12.4. The number of hydrogen-bond donors (Lipinski definition) is 2. The zero-order valence-electron chi connectivity index (χ0n) is 10.9. The molecule has 0 radical (unpaired) electrons. The molecule has 1 fully saturated rings. The third-order valence-corrected chi connectivity index (χ3v) is 4.06. The maximum atomic E-state index is 9.87. The Balaban J connectivity index is 1.99. The highest BCUT2D eigenvalue weighted by atomic mass is 16.3. The van der Waals surface area contributed by atoms with Crippen molar-refractivity contribution in [3.63, 3.8) is 0 Å². The van der Waals surface area contributed by atoms with Gasteiger partial charge in [0.15, 0.2) is 0 Å². The number of phenolic OH excluding ortho intramolecular Hbond substituents is 1. The number of rotatable bonds is 5. The van der Waals surface area contributed by atoms with Crippen LogP contribution in [-0.2, 0) is 0 Å². The molecule has 1 unspecified atom stereocenters. The minimum Gasteiger partial charge on any atom is -0.508 e. The summed E-state index contributed by atoms with van der Waals surface area (Å²) in [5, 5.41) is 13.5. The first-order valence-electron chi connectivity index (χ1n) is 6.66. The number of para-hydroxylation sites is 1. The maximum Gasteiger partial charge on any atom is 0.120 e. The summed E-state index contributed by atoms with van der Waals surface area (Å²) >= 11 is 0. The first-order valence-corrected chi connectivity index (χ1v) is 6.66. The summed E-state index contributed by atoms with van der Waals surface area (Å²) in [6.07, 6.45) is 5.04. The third kappa shape index (κ3) is 2.81. The summed E-state index contributed by atoms with van der Waals surface area (Å²) in [6.45, 7) is 5.56. The van der Waals surface area contributed by atoms with Crippen molar-refractivity contribution >= 4 is 0 Å². The monoisotopic (exact) mass is 233 g/mol. The predicted molar refractivity (Wildman–Crippen MR) is 71.1 cm³/mol. The zero-order valence-corrected chi connectivity index (χ0v) is 10.9. The van der Waals surface area contributed by atoms with Crippen LogP contribution >= 0.6 is 0 Å². The molecule has 2 N–H and O–H groups in total. The molecule has 1 atom stereocenters. The fraction of sp³-hybridized carbons (Fsp3) is 0.600. The summed E-state index contributed by atoms with van der Waals surface area (Å²) in [6, 6.07) is 7.92. The standard InChI is InChI=1S/C15H23NO/c1-3-13(12-7-4-5-8-14(12)17)16-11-15(2)9-6-10-15/h4-5,7-8,13,16-17H,3,6,9-11H2,1-2H3. The highest BCUT2D eigenvalue weighted by molar-refractivity contribution is 5.34. The van der Waals surface area contributed by atoms with Crippen LogP contribution in [0.25, 0.3) is 0 Å². The second-order valence-electron chi connectivity index (χ2n) is 5.56. The van der Waals surface area contributed by atoms with Crippen molar-refractivity contribution in [2.45, 2.75) is 45.6 Å². The van der Waals surface area contributed by atoms with Crippen molar-refractivity contribution in [1.82, 2.24) is 5.32 Å². The van der Waals surface area contributed by atoms with Gasteiger partial charge in [-0.2, -0.15) is 0 Å². The van der Waals surface area contributed by atoms with Gasteiger partial charge < -0.3 is 10.4 Å². The van der Waals surface area contributed by atoms with Crippen molar-refractivity contribution in [3.05, 3.63) is 29.8 Å². The highest BCUT2D eigenvalue weighted by Gasteiger charge is 2.32. The summed E-state index contributed by atoms with van der Waals surface area (Å²) in [5.41, 5.74) is 1.51. The van der Waals surface area contributed by atoms with E-state index in [4.69, 9.17) is 0 Å². The van der Waals surface area contributed by atoms with E-state index in [2.05, 4.69) is 19.2 Å². The number of phenols is 1. The molecule has 0 bridgehead atoms. The highest BCUT2D eigenvalue weighted by Crippen LogP contribution is 2.40. The molecule has 2 heteroatoms. The molecule has 0 aliphatic heterocycles. The van der Waals surface area contributed by atoms with Gasteiger partial charge in [0.05, 0.1) is 0 Å². The van der Waals surface area contributed by atoms with E-state index in [0.29, 0.717) is 11.2 Å². The molecule has 0 spiro atoms. The van der Waals surface area contributed by atoms with Crippen LogP contribution in [-0.4, -0.2) is 11.7 Å². The van der Waals surface area contributed by atoms with E-state index in [1.54, 1.807) is 6.07 Å². The molecule has 0 heterocycles. The van der Waals surface area contributed by atoms with Crippen molar-refractivity contribution in [2.24, 2.45) is 5.41 Å². The number of hydrogen-bond acceptors (Lipinski definition) is 2. The van der Waals surface area contributed by atoms with Crippen LogP contribution in [0.3, 0.4) is 0 Å². The van der Waals surface area contributed by atoms with Gasteiger partial charge in [-0.05, 0) is 30.7 Å². The van der Waals surface area contributed by atoms with Gasteiger partial charge in [-0.1, -0.05) is 38.5 Å². The Bertz CT molecular complexity index is 371. The van der Waals surface area contributed by atoms with Crippen LogP contribution in [0.5, 0.6) is 5.75 Å². The lowest BCUT2D eigenvalue weighted by atomic mass is 9.70. The Hall–Kier alpha value is -1.02. The van der Waals surface area contributed by atoms with Gasteiger partial charge in [0.1, 0.15) is 5.75 Å². The fourth-order valence-corrected chi connectivity index (χ4v) is 2.58. The van der Waals surface area contributed by atoms with Crippen molar-refractivity contribution in [3.8, 4) is 5.75 Å². The lowest BCUT2D eigenvalue weighted by Crippen LogP contribution is -2.38. The van der Waals surface area contributed by atoms with E-state index in [1.807, 2.05) is 18.2 Å². The van der Waals surface area contributed by atoms with Crippen molar-refractivity contribution < 1.29 is 5.11 Å².